The van der Waals surface area contributed by atoms with E-state index in [1.807, 2.05) is 0 Å². The van der Waals surface area contributed by atoms with Crippen LogP contribution in [0.4, 0.5) is 0 Å². The van der Waals surface area contributed by atoms with E-state index in [1.165, 1.54) is 9.10 Å². The number of benzene rings is 1. The molecule has 21 heavy (non-hydrogen) atoms. The van der Waals surface area contributed by atoms with E-state index in [2.05, 4.69) is 15.5 Å². The first kappa shape index (κ1) is 16.2. The van der Waals surface area contributed by atoms with E-state index in [0.717, 1.165) is 13.0 Å². The van der Waals surface area contributed by atoms with E-state index in [9.17, 15) is 8.42 Å². The van der Waals surface area contributed by atoms with E-state index in [0.29, 0.717) is 30.7 Å². The van der Waals surface area contributed by atoms with Gasteiger partial charge in [0.05, 0.1) is 0 Å². The van der Waals surface area contributed by atoms with Gasteiger partial charge in [0.1, 0.15) is 15.9 Å². The van der Waals surface area contributed by atoms with Crippen LogP contribution in [0.1, 0.15) is 6.42 Å². The minimum absolute atomic E-state index is 0. The largest absolute Gasteiger partial charge is 0.315 e. The van der Waals surface area contributed by atoms with E-state index in [4.69, 9.17) is 0 Å². The summed E-state index contributed by atoms with van der Waals surface area (Å²) in [5, 5.41) is 11.5. The lowest BCUT2D eigenvalue weighted by molar-refractivity contribution is 0.432. The summed E-state index contributed by atoms with van der Waals surface area (Å²) in [5.41, 5.74) is 1.04. The fourth-order valence-electron chi connectivity index (χ4n) is 2.42. The molecule has 0 bridgehead atoms. The van der Waals surface area contributed by atoms with Crippen molar-refractivity contribution in [3.8, 4) is 0 Å². The summed E-state index contributed by atoms with van der Waals surface area (Å²) in [7, 11) is -1.83. The number of nitrogens with zero attached hydrogens (tertiary/aromatic N) is 4. The van der Waals surface area contributed by atoms with Crippen LogP contribution in [0.3, 0.4) is 0 Å². The number of sulfonamides is 1. The summed E-state index contributed by atoms with van der Waals surface area (Å²) in [6.07, 6.45) is 0.815. The van der Waals surface area contributed by atoms with Crippen molar-refractivity contribution < 1.29 is 8.42 Å². The van der Waals surface area contributed by atoms with E-state index >= 15 is 0 Å². The normalized spacial score (nSPS) is 17.4. The Hall–Kier alpha value is -1.22. The number of hydrogen-bond acceptors (Lipinski definition) is 5. The van der Waals surface area contributed by atoms with Crippen LogP contribution in [-0.2, 0) is 17.1 Å². The number of hydrogen-bond donors (Lipinski definition) is 1. The topological polar surface area (TPSA) is 80.1 Å². The van der Waals surface area contributed by atoms with Crippen molar-refractivity contribution in [2.45, 2.75) is 11.3 Å². The molecule has 0 aliphatic carbocycles. The van der Waals surface area contributed by atoms with Crippen molar-refractivity contribution in [2.75, 3.05) is 26.2 Å². The van der Waals surface area contributed by atoms with Crippen LogP contribution in [-0.4, -0.2) is 53.9 Å². The van der Waals surface area contributed by atoms with Gasteiger partial charge in [-0.2, -0.15) is 19.3 Å². The highest BCUT2D eigenvalue weighted by atomic mass is 35.5. The van der Waals surface area contributed by atoms with Crippen LogP contribution < -0.4 is 5.32 Å². The second-order valence-electron chi connectivity index (χ2n) is 4.82. The Kier molecular flexibility index (Phi) is 4.82. The zero-order valence-corrected chi connectivity index (χ0v) is 13.3. The maximum atomic E-state index is 12.8. The standard InChI is InChI=1S/C12H17N5O2S.ClH/c1-16-14-10-4-2-5-11(12(10)15-16)20(18,19)17-8-3-6-13-7-9-17;/h2,4-5,13H,3,6-9H2,1H3;1H. The van der Waals surface area contributed by atoms with E-state index < -0.39 is 10.0 Å². The number of aromatic nitrogens is 3. The molecule has 2 aromatic rings. The molecule has 0 saturated carbocycles. The van der Waals surface area contributed by atoms with Crippen molar-refractivity contribution in [3.05, 3.63) is 18.2 Å². The lowest BCUT2D eigenvalue weighted by Gasteiger charge is -2.19. The molecule has 0 unspecified atom stereocenters. The third-order valence-corrected chi connectivity index (χ3v) is 5.32. The summed E-state index contributed by atoms with van der Waals surface area (Å²) in [6, 6.07) is 5.08. The predicted octanol–water partition coefficient (Wildman–Crippen LogP) is 0.374. The number of fused-ring (bicyclic) bond motifs is 1. The third kappa shape index (κ3) is 3.03. The molecule has 1 saturated heterocycles. The number of rotatable bonds is 2. The van der Waals surface area contributed by atoms with Crippen LogP contribution in [0.5, 0.6) is 0 Å². The third-order valence-electron chi connectivity index (χ3n) is 3.39. The van der Waals surface area contributed by atoms with Crippen LogP contribution in [0, 0.1) is 0 Å². The Bertz CT molecular complexity index is 722. The first-order valence-electron chi connectivity index (χ1n) is 6.60. The monoisotopic (exact) mass is 331 g/mol. The molecule has 0 radical (unpaired) electrons. The van der Waals surface area contributed by atoms with Crippen LogP contribution in [0.15, 0.2) is 23.1 Å². The molecule has 7 nitrogen and oxygen atoms in total. The molecule has 1 aromatic carbocycles. The summed E-state index contributed by atoms with van der Waals surface area (Å²) in [6.45, 7) is 2.54. The Morgan fingerprint density at radius 1 is 1.19 bits per heavy atom. The van der Waals surface area contributed by atoms with Crippen molar-refractivity contribution in [2.24, 2.45) is 7.05 Å². The molecule has 0 spiro atoms. The summed E-state index contributed by atoms with van der Waals surface area (Å²) in [5.74, 6) is 0. The van der Waals surface area contributed by atoms with Gasteiger partial charge in [0, 0.05) is 26.7 Å². The van der Waals surface area contributed by atoms with Gasteiger partial charge in [0.2, 0.25) is 10.0 Å². The van der Waals surface area contributed by atoms with Crippen molar-refractivity contribution >= 4 is 33.5 Å². The maximum absolute atomic E-state index is 12.8. The van der Waals surface area contributed by atoms with Crippen LogP contribution in [0.2, 0.25) is 0 Å². The van der Waals surface area contributed by atoms with Gasteiger partial charge in [-0.3, -0.25) is 0 Å². The summed E-state index contributed by atoms with van der Waals surface area (Å²) in [4.78, 5) is 1.64. The second-order valence-corrected chi connectivity index (χ2v) is 6.73. The van der Waals surface area contributed by atoms with Gasteiger partial charge >= 0.3 is 0 Å². The number of aryl methyl sites for hydroxylation is 1. The summed E-state index contributed by atoms with van der Waals surface area (Å²) >= 11 is 0. The SMILES string of the molecule is Cl.Cn1nc2cccc(S(=O)(=O)N3CCCNCC3)c2n1. The van der Waals surface area contributed by atoms with Gasteiger partial charge < -0.3 is 5.32 Å². The molecular weight excluding hydrogens is 314 g/mol. The van der Waals surface area contributed by atoms with Crippen molar-refractivity contribution in [1.82, 2.24) is 24.6 Å². The van der Waals surface area contributed by atoms with E-state index in [-0.39, 0.29) is 17.3 Å². The molecule has 1 aromatic heterocycles. The average Bonchev–Trinajstić information content (AvgIpc) is 2.64. The van der Waals surface area contributed by atoms with Crippen LogP contribution in [0.25, 0.3) is 11.0 Å². The van der Waals surface area contributed by atoms with Gasteiger partial charge in [-0.15, -0.1) is 12.4 Å². The zero-order valence-electron chi connectivity index (χ0n) is 11.7. The Labute approximate surface area is 129 Å². The van der Waals surface area contributed by atoms with Gasteiger partial charge in [-0.25, -0.2) is 8.42 Å². The minimum atomic E-state index is -3.52. The fourth-order valence-corrected chi connectivity index (χ4v) is 4.04. The first-order chi connectivity index (χ1) is 9.59. The highest BCUT2D eigenvalue weighted by molar-refractivity contribution is 7.89. The molecule has 1 aliphatic rings. The summed E-state index contributed by atoms with van der Waals surface area (Å²) < 4.78 is 27.1. The Morgan fingerprint density at radius 2 is 2.00 bits per heavy atom. The molecule has 2 heterocycles. The molecule has 1 N–H and O–H groups in total. The second kappa shape index (κ2) is 6.27. The molecule has 1 fully saturated rings. The molecule has 0 atom stereocenters. The average molecular weight is 332 g/mol. The smallest absolute Gasteiger partial charge is 0.245 e. The van der Waals surface area contributed by atoms with Crippen molar-refractivity contribution in [1.29, 1.82) is 0 Å². The van der Waals surface area contributed by atoms with Gasteiger partial charge in [0.25, 0.3) is 0 Å². The zero-order chi connectivity index (χ0) is 14.2. The van der Waals surface area contributed by atoms with Gasteiger partial charge in [-0.1, -0.05) is 6.07 Å². The van der Waals surface area contributed by atoms with E-state index in [1.54, 1.807) is 25.2 Å². The van der Waals surface area contributed by atoms with Crippen molar-refractivity contribution in [3.63, 3.8) is 0 Å². The van der Waals surface area contributed by atoms with Gasteiger partial charge in [0.15, 0.2) is 0 Å². The molecule has 9 heteroatoms. The van der Waals surface area contributed by atoms with Gasteiger partial charge in [-0.05, 0) is 25.1 Å². The molecule has 3 rings (SSSR count). The number of nitrogens with one attached hydrogen (secondary N) is 1. The quantitative estimate of drug-likeness (QED) is 0.860. The number of halogens is 1. The lowest BCUT2D eigenvalue weighted by Crippen LogP contribution is -2.34. The Balaban J connectivity index is 0.00000161. The Morgan fingerprint density at radius 3 is 2.81 bits per heavy atom. The lowest BCUT2D eigenvalue weighted by atomic mass is 10.3. The fraction of sp³-hybridized carbons (Fsp3) is 0.500. The molecular formula is C12H18ClN5O2S. The maximum Gasteiger partial charge on any atom is 0.245 e. The highest BCUT2D eigenvalue weighted by Gasteiger charge is 2.28. The van der Waals surface area contributed by atoms with Crippen LogP contribution >= 0.6 is 12.4 Å². The predicted molar refractivity (Wildman–Crippen MR) is 82.0 cm³/mol. The molecule has 0 amide bonds. The molecule has 116 valence electrons. The minimum Gasteiger partial charge on any atom is -0.315 e. The first-order valence-corrected chi connectivity index (χ1v) is 8.04. The molecule has 1 aliphatic heterocycles. The highest BCUT2D eigenvalue weighted by Crippen LogP contribution is 2.23.